The molecule has 0 aliphatic rings. The zero-order valence-corrected chi connectivity index (χ0v) is 11.6. The summed E-state index contributed by atoms with van der Waals surface area (Å²) in [4.78, 5) is 4.35. The molecule has 0 saturated carbocycles. The molecule has 1 heterocycles. The highest BCUT2D eigenvalue weighted by atomic mass is 16.3. The summed E-state index contributed by atoms with van der Waals surface area (Å²) in [5.74, 6) is 0.245. The summed E-state index contributed by atoms with van der Waals surface area (Å²) in [5, 5.41) is 13.2. The lowest BCUT2D eigenvalue weighted by Crippen LogP contribution is -2.19. The van der Waals surface area contributed by atoms with Crippen molar-refractivity contribution in [2.45, 2.75) is 33.4 Å². The number of rotatable bonds is 4. The summed E-state index contributed by atoms with van der Waals surface area (Å²) in [5.41, 5.74) is 4.15. The van der Waals surface area contributed by atoms with E-state index >= 15 is 0 Å². The van der Waals surface area contributed by atoms with Crippen molar-refractivity contribution >= 4 is 0 Å². The molecule has 1 atom stereocenters. The van der Waals surface area contributed by atoms with Gasteiger partial charge in [-0.05, 0) is 44.0 Å². The molecule has 0 aliphatic carbocycles. The molecular formula is C16H20N2O. The first-order valence-electron chi connectivity index (χ1n) is 6.52. The normalized spacial score (nSPS) is 12.4. The zero-order valence-electron chi connectivity index (χ0n) is 11.6. The Labute approximate surface area is 114 Å². The Balaban J connectivity index is 2.06. The lowest BCUT2D eigenvalue weighted by atomic mass is 10.0. The van der Waals surface area contributed by atoms with Gasteiger partial charge in [0.05, 0.1) is 5.69 Å². The number of aromatic nitrogens is 1. The topological polar surface area (TPSA) is 45.1 Å². The summed E-state index contributed by atoms with van der Waals surface area (Å²) < 4.78 is 0. The second-order valence-corrected chi connectivity index (χ2v) is 4.88. The first-order valence-corrected chi connectivity index (χ1v) is 6.52. The van der Waals surface area contributed by atoms with Gasteiger partial charge in [-0.3, -0.25) is 4.98 Å². The molecule has 0 spiro atoms. The lowest BCUT2D eigenvalue weighted by molar-refractivity contribution is 0.454. The number of nitrogens with one attached hydrogen (secondary N) is 1. The van der Waals surface area contributed by atoms with E-state index in [2.05, 4.69) is 36.3 Å². The predicted molar refractivity (Wildman–Crippen MR) is 77.1 cm³/mol. The second kappa shape index (κ2) is 5.85. The number of aryl methyl sites for hydroxylation is 2. The maximum Gasteiger partial charge on any atom is 0.138 e. The highest BCUT2D eigenvalue weighted by Gasteiger charge is 2.09. The number of hydrogen-bond acceptors (Lipinski definition) is 3. The fourth-order valence-corrected chi connectivity index (χ4v) is 2.17. The van der Waals surface area contributed by atoms with Crippen LogP contribution in [0.3, 0.4) is 0 Å². The van der Waals surface area contributed by atoms with Gasteiger partial charge in [-0.2, -0.15) is 0 Å². The SMILES string of the molecule is Cc1ccc(O)c(CN[C@@H](C)c2ccccc2C)n1. The highest BCUT2D eigenvalue weighted by molar-refractivity contribution is 5.30. The molecule has 2 N–H and O–H groups in total. The van der Waals surface area contributed by atoms with Crippen molar-refractivity contribution in [1.29, 1.82) is 0 Å². The van der Waals surface area contributed by atoms with Crippen LogP contribution in [0.4, 0.5) is 0 Å². The summed E-state index contributed by atoms with van der Waals surface area (Å²) in [6, 6.07) is 12.0. The standard InChI is InChI=1S/C16H20N2O/c1-11-6-4-5-7-14(11)13(3)17-10-15-16(19)9-8-12(2)18-15/h4-9,13,17,19H,10H2,1-3H3/t13-/m0/s1. The van der Waals surface area contributed by atoms with Crippen LogP contribution in [-0.2, 0) is 6.54 Å². The van der Waals surface area contributed by atoms with Crippen LogP contribution in [0.1, 0.15) is 35.5 Å². The van der Waals surface area contributed by atoms with E-state index in [9.17, 15) is 5.11 Å². The number of nitrogens with zero attached hydrogens (tertiary/aromatic N) is 1. The molecule has 100 valence electrons. The van der Waals surface area contributed by atoms with Gasteiger partial charge >= 0.3 is 0 Å². The molecule has 0 amide bonds. The monoisotopic (exact) mass is 256 g/mol. The largest absolute Gasteiger partial charge is 0.506 e. The minimum Gasteiger partial charge on any atom is -0.506 e. The second-order valence-electron chi connectivity index (χ2n) is 4.88. The van der Waals surface area contributed by atoms with Crippen LogP contribution in [0, 0.1) is 13.8 Å². The highest BCUT2D eigenvalue weighted by Crippen LogP contribution is 2.19. The van der Waals surface area contributed by atoms with E-state index in [4.69, 9.17) is 0 Å². The predicted octanol–water partition coefficient (Wildman–Crippen LogP) is 3.25. The molecule has 1 aromatic carbocycles. The van der Waals surface area contributed by atoms with Gasteiger partial charge in [0.1, 0.15) is 5.75 Å². The van der Waals surface area contributed by atoms with Gasteiger partial charge in [-0.25, -0.2) is 0 Å². The van der Waals surface area contributed by atoms with Crippen molar-refractivity contribution in [3.8, 4) is 5.75 Å². The molecule has 0 radical (unpaired) electrons. The van der Waals surface area contributed by atoms with Crippen molar-refractivity contribution in [3.05, 3.63) is 58.9 Å². The van der Waals surface area contributed by atoms with E-state index in [0.717, 1.165) is 5.69 Å². The van der Waals surface area contributed by atoms with Crippen LogP contribution in [0.5, 0.6) is 5.75 Å². The quantitative estimate of drug-likeness (QED) is 0.882. The molecule has 0 saturated heterocycles. The smallest absolute Gasteiger partial charge is 0.138 e. The lowest BCUT2D eigenvalue weighted by Gasteiger charge is -2.16. The van der Waals surface area contributed by atoms with Crippen LogP contribution in [0.25, 0.3) is 0 Å². The molecule has 1 aromatic heterocycles. The number of hydrogen-bond donors (Lipinski definition) is 2. The average Bonchev–Trinajstić information content (AvgIpc) is 2.40. The van der Waals surface area contributed by atoms with E-state index in [1.165, 1.54) is 11.1 Å². The zero-order chi connectivity index (χ0) is 13.8. The molecule has 0 aliphatic heterocycles. The molecular weight excluding hydrogens is 236 g/mol. The Hall–Kier alpha value is -1.87. The van der Waals surface area contributed by atoms with Crippen LogP contribution in [0.2, 0.25) is 0 Å². The van der Waals surface area contributed by atoms with Crippen molar-refractivity contribution in [3.63, 3.8) is 0 Å². The first-order chi connectivity index (χ1) is 9.08. The van der Waals surface area contributed by atoms with Crippen molar-refractivity contribution < 1.29 is 5.11 Å². The van der Waals surface area contributed by atoms with E-state index in [0.29, 0.717) is 12.2 Å². The third kappa shape index (κ3) is 3.32. The third-order valence-electron chi connectivity index (χ3n) is 3.32. The van der Waals surface area contributed by atoms with Crippen LogP contribution < -0.4 is 5.32 Å². The fraction of sp³-hybridized carbons (Fsp3) is 0.312. The molecule has 2 aromatic rings. The molecule has 0 fully saturated rings. The average molecular weight is 256 g/mol. The van der Waals surface area contributed by atoms with Crippen LogP contribution in [-0.4, -0.2) is 10.1 Å². The van der Waals surface area contributed by atoms with Gasteiger partial charge in [0, 0.05) is 18.3 Å². The van der Waals surface area contributed by atoms with Gasteiger partial charge in [0.15, 0.2) is 0 Å². The van der Waals surface area contributed by atoms with Gasteiger partial charge < -0.3 is 10.4 Å². The molecule has 19 heavy (non-hydrogen) atoms. The summed E-state index contributed by atoms with van der Waals surface area (Å²) in [6.07, 6.45) is 0. The van der Waals surface area contributed by atoms with Crippen LogP contribution in [0.15, 0.2) is 36.4 Å². The van der Waals surface area contributed by atoms with Crippen molar-refractivity contribution in [2.24, 2.45) is 0 Å². The maximum atomic E-state index is 9.77. The third-order valence-corrected chi connectivity index (χ3v) is 3.32. The van der Waals surface area contributed by atoms with E-state index in [1.807, 2.05) is 25.1 Å². The Bertz CT molecular complexity index is 566. The Morgan fingerprint density at radius 2 is 1.89 bits per heavy atom. The summed E-state index contributed by atoms with van der Waals surface area (Å²) in [6.45, 7) is 6.71. The molecule has 3 nitrogen and oxygen atoms in total. The minimum absolute atomic E-state index is 0.225. The van der Waals surface area contributed by atoms with Crippen molar-refractivity contribution in [1.82, 2.24) is 10.3 Å². The van der Waals surface area contributed by atoms with Gasteiger partial charge in [-0.15, -0.1) is 0 Å². The number of benzene rings is 1. The molecule has 2 rings (SSSR count). The van der Waals surface area contributed by atoms with Gasteiger partial charge in [0.2, 0.25) is 0 Å². The Kier molecular flexibility index (Phi) is 4.17. The molecule has 0 unspecified atom stereocenters. The van der Waals surface area contributed by atoms with Crippen LogP contribution >= 0.6 is 0 Å². The molecule has 3 heteroatoms. The number of pyridine rings is 1. The van der Waals surface area contributed by atoms with E-state index < -0.39 is 0 Å². The Morgan fingerprint density at radius 1 is 1.16 bits per heavy atom. The minimum atomic E-state index is 0.225. The van der Waals surface area contributed by atoms with Crippen molar-refractivity contribution in [2.75, 3.05) is 0 Å². The summed E-state index contributed by atoms with van der Waals surface area (Å²) in [7, 11) is 0. The van der Waals surface area contributed by atoms with E-state index in [-0.39, 0.29) is 11.8 Å². The first kappa shape index (κ1) is 13.6. The van der Waals surface area contributed by atoms with E-state index in [1.54, 1.807) is 6.07 Å². The maximum absolute atomic E-state index is 9.77. The number of aromatic hydroxyl groups is 1. The Morgan fingerprint density at radius 3 is 2.63 bits per heavy atom. The van der Waals surface area contributed by atoms with Gasteiger partial charge in [-0.1, -0.05) is 24.3 Å². The fourth-order valence-electron chi connectivity index (χ4n) is 2.17. The molecule has 0 bridgehead atoms. The van der Waals surface area contributed by atoms with Gasteiger partial charge in [0.25, 0.3) is 0 Å². The summed E-state index contributed by atoms with van der Waals surface area (Å²) >= 11 is 0.